The molecule has 0 spiro atoms. The van der Waals surface area contributed by atoms with Gasteiger partial charge in [-0.05, 0) is 17.7 Å². The van der Waals surface area contributed by atoms with Crippen LogP contribution in [-0.2, 0) is 16.0 Å². The van der Waals surface area contributed by atoms with E-state index < -0.39 is 5.97 Å². The number of amides is 1. The largest absolute Gasteiger partial charge is 0.484 e. The molecule has 0 bridgehead atoms. The molecule has 0 unspecified atom stereocenters. The van der Waals surface area contributed by atoms with Crippen molar-refractivity contribution in [2.45, 2.75) is 12.8 Å². The summed E-state index contributed by atoms with van der Waals surface area (Å²) in [5.74, 6) is -0.705. The van der Waals surface area contributed by atoms with E-state index in [9.17, 15) is 9.59 Å². The molecule has 0 fully saturated rings. The van der Waals surface area contributed by atoms with Gasteiger partial charge < -0.3 is 14.7 Å². The predicted molar refractivity (Wildman–Crippen MR) is 71.1 cm³/mol. The van der Waals surface area contributed by atoms with Crippen LogP contribution in [0, 0.1) is 11.3 Å². The van der Waals surface area contributed by atoms with E-state index in [1.807, 2.05) is 6.07 Å². The Kier molecular flexibility index (Phi) is 6.04. The van der Waals surface area contributed by atoms with Crippen molar-refractivity contribution in [3.63, 3.8) is 0 Å². The summed E-state index contributed by atoms with van der Waals surface area (Å²) < 4.78 is 5.32. The first-order valence-corrected chi connectivity index (χ1v) is 6.07. The third kappa shape index (κ3) is 5.40. The molecule has 0 atom stereocenters. The third-order valence-electron chi connectivity index (χ3n) is 2.60. The van der Waals surface area contributed by atoms with Crippen molar-refractivity contribution >= 4 is 11.9 Å². The van der Waals surface area contributed by atoms with Gasteiger partial charge in [0.1, 0.15) is 5.75 Å². The van der Waals surface area contributed by atoms with E-state index >= 15 is 0 Å². The van der Waals surface area contributed by atoms with Gasteiger partial charge in [-0.25, -0.2) is 0 Å². The van der Waals surface area contributed by atoms with Crippen molar-refractivity contribution in [2.24, 2.45) is 0 Å². The summed E-state index contributed by atoms with van der Waals surface area (Å²) in [6.07, 6.45) is 0.184. The molecule has 1 amide bonds. The number of benzene rings is 1. The summed E-state index contributed by atoms with van der Waals surface area (Å²) in [5.41, 5.74) is 0.611. The Morgan fingerprint density at radius 1 is 1.45 bits per heavy atom. The molecule has 6 nitrogen and oxygen atoms in total. The van der Waals surface area contributed by atoms with Crippen LogP contribution in [0.5, 0.6) is 5.75 Å². The molecule has 0 saturated carbocycles. The summed E-state index contributed by atoms with van der Waals surface area (Å²) in [4.78, 5) is 23.7. The Hall–Kier alpha value is -2.55. The Bertz CT molecular complexity index is 522. The summed E-state index contributed by atoms with van der Waals surface area (Å²) in [7, 11) is 1.60. The molecule has 1 aromatic carbocycles. The first-order chi connectivity index (χ1) is 9.52. The smallest absolute Gasteiger partial charge is 0.307 e. The predicted octanol–water partition coefficient (Wildman–Crippen LogP) is 1.06. The monoisotopic (exact) mass is 276 g/mol. The second kappa shape index (κ2) is 7.79. The molecular formula is C14H16N2O4. The van der Waals surface area contributed by atoms with Gasteiger partial charge in [-0.1, -0.05) is 12.1 Å². The first kappa shape index (κ1) is 15.5. The van der Waals surface area contributed by atoms with Crippen molar-refractivity contribution < 1.29 is 19.4 Å². The zero-order valence-corrected chi connectivity index (χ0v) is 11.2. The highest BCUT2D eigenvalue weighted by atomic mass is 16.5. The molecule has 0 heterocycles. The molecular weight excluding hydrogens is 260 g/mol. The number of carbonyl (C=O) groups excluding carboxylic acids is 1. The highest BCUT2D eigenvalue weighted by Crippen LogP contribution is 2.14. The molecule has 0 aliphatic rings. The van der Waals surface area contributed by atoms with E-state index in [1.54, 1.807) is 31.3 Å². The van der Waals surface area contributed by atoms with Gasteiger partial charge in [0, 0.05) is 13.6 Å². The number of rotatable bonds is 7. The van der Waals surface area contributed by atoms with Gasteiger partial charge in [-0.3, -0.25) is 9.59 Å². The van der Waals surface area contributed by atoms with Crippen LogP contribution in [-0.4, -0.2) is 42.1 Å². The van der Waals surface area contributed by atoms with Crippen LogP contribution in [0.4, 0.5) is 0 Å². The first-order valence-electron chi connectivity index (χ1n) is 6.07. The van der Waals surface area contributed by atoms with E-state index in [0.29, 0.717) is 17.9 Å². The molecule has 0 aliphatic heterocycles. The quantitative estimate of drug-likeness (QED) is 0.804. The van der Waals surface area contributed by atoms with Crippen molar-refractivity contribution in [1.82, 2.24) is 4.90 Å². The minimum Gasteiger partial charge on any atom is -0.484 e. The maximum atomic E-state index is 11.7. The van der Waals surface area contributed by atoms with E-state index in [1.165, 1.54) is 4.90 Å². The lowest BCUT2D eigenvalue weighted by atomic mass is 10.1. The van der Waals surface area contributed by atoms with Crippen molar-refractivity contribution in [2.75, 3.05) is 20.2 Å². The Balaban J connectivity index is 2.51. The number of carboxylic acid groups (broad SMARTS) is 1. The average molecular weight is 276 g/mol. The Labute approximate surface area is 117 Å². The van der Waals surface area contributed by atoms with Gasteiger partial charge in [-0.15, -0.1) is 0 Å². The molecule has 106 valence electrons. The second-order valence-corrected chi connectivity index (χ2v) is 4.23. The molecule has 20 heavy (non-hydrogen) atoms. The lowest BCUT2D eigenvalue weighted by Gasteiger charge is -2.15. The summed E-state index contributed by atoms with van der Waals surface area (Å²) in [6.45, 7) is 0.218. The van der Waals surface area contributed by atoms with Crippen LogP contribution >= 0.6 is 0 Å². The summed E-state index contributed by atoms with van der Waals surface area (Å²) in [6, 6.07) is 8.58. The van der Waals surface area contributed by atoms with Gasteiger partial charge in [0.25, 0.3) is 5.91 Å². The normalized spacial score (nSPS) is 9.60. The fraction of sp³-hybridized carbons (Fsp3) is 0.357. The van der Waals surface area contributed by atoms with Gasteiger partial charge in [0.05, 0.1) is 18.9 Å². The summed E-state index contributed by atoms with van der Waals surface area (Å²) in [5, 5.41) is 17.1. The summed E-state index contributed by atoms with van der Waals surface area (Å²) >= 11 is 0. The molecule has 0 saturated heterocycles. The van der Waals surface area contributed by atoms with Crippen molar-refractivity contribution in [3.05, 3.63) is 29.8 Å². The minimum absolute atomic E-state index is 0.0901. The van der Waals surface area contributed by atoms with Crippen molar-refractivity contribution in [1.29, 1.82) is 5.26 Å². The van der Waals surface area contributed by atoms with E-state index in [2.05, 4.69) is 0 Å². The maximum absolute atomic E-state index is 11.7. The zero-order chi connectivity index (χ0) is 15.0. The molecule has 0 aromatic heterocycles. The van der Waals surface area contributed by atoms with Gasteiger partial charge in [-0.2, -0.15) is 5.26 Å². The maximum Gasteiger partial charge on any atom is 0.307 e. The van der Waals surface area contributed by atoms with Crippen LogP contribution in [0.3, 0.4) is 0 Å². The molecule has 6 heteroatoms. The van der Waals surface area contributed by atoms with Crippen LogP contribution in [0.2, 0.25) is 0 Å². The van der Waals surface area contributed by atoms with Gasteiger partial charge >= 0.3 is 5.97 Å². The third-order valence-corrected chi connectivity index (χ3v) is 2.60. The second-order valence-electron chi connectivity index (χ2n) is 4.23. The molecule has 1 aromatic rings. The molecule has 0 radical (unpaired) electrons. The Morgan fingerprint density at radius 2 is 2.20 bits per heavy atom. The zero-order valence-electron chi connectivity index (χ0n) is 11.2. The molecule has 1 N–H and O–H groups in total. The van der Waals surface area contributed by atoms with E-state index in [0.717, 1.165) is 0 Å². The SMILES string of the molecule is CN(CCC#N)C(=O)COc1cccc(CC(=O)O)c1. The number of carbonyl (C=O) groups is 2. The Morgan fingerprint density at radius 3 is 2.85 bits per heavy atom. The van der Waals surface area contributed by atoms with Crippen molar-refractivity contribution in [3.8, 4) is 11.8 Å². The van der Waals surface area contributed by atoms with Crippen LogP contribution < -0.4 is 4.74 Å². The number of carboxylic acids is 1. The topological polar surface area (TPSA) is 90.6 Å². The number of nitrogens with zero attached hydrogens (tertiary/aromatic N) is 2. The lowest BCUT2D eigenvalue weighted by molar-refractivity contribution is -0.136. The van der Waals surface area contributed by atoms with Crippen LogP contribution in [0.1, 0.15) is 12.0 Å². The molecule has 0 aliphatic carbocycles. The highest BCUT2D eigenvalue weighted by Gasteiger charge is 2.09. The van der Waals surface area contributed by atoms with E-state index in [-0.39, 0.29) is 25.4 Å². The molecule has 1 rings (SSSR count). The fourth-order valence-electron chi connectivity index (χ4n) is 1.52. The van der Waals surface area contributed by atoms with Gasteiger partial charge in [0.15, 0.2) is 6.61 Å². The minimum atomic E-state index is -0.922. The number of nitriles is 1. The number of ether oxygens (including phenoxy) is 1. The number of likely N-dealkylation sites (N-methyl/N-ethyl adjacent to an activating group) is 1. The number of hydrogen-bond acceptors (Lipinski definition) is 4. The van der Waals surface area contributed by atoms with Crippen LogP contribution in [0.25, 0.3) is 0 Å². The number of hydrogen-bond donors (Lipinski definition) is 1. The number of aliphatic carboxylic acids is 1. The van der Waals surface area contributed by atoms with Crippen LogP contribution in [0.15, 0.2) is 24.3 Å². The average Bonchev–Trinajstić information content (AvgIpc) is 2.41. The standard InChI is InChI=1S/C14H16N2O4/c1-16(7-3-6-15)13(17)10-20-12-5-2-4-11(8-12)9-14(18)19/h2,4-5,8H,3,7,9-10H2,1H3,(H,18,19). The van der Waals surface area contributed by atoms with E-state index in [4.69, 9.17) is 15.1 Å². The fourth-order valence-corrected chi connectivity index (χ4v) is 1.52. The highest BCUT2D eigenvalue weighted by molar-refractivity contribution is 5.77. The lowest BCUT2D eigenvalue weighted by Crippen LogP contribution is -2.32. The van der Waals surface area contributed by atoms with Gasteiger partial charge in [0.2, 0.25) is 0 Å².